The van der Waals surface area contributed by atoms with Crippen LogP contribution < -0.4 is 0 Å². The van der Waals surface area contributed by atoms with E-state index in [1.165, 1.54) is 0 Å². The van der Waals surface area contributed by atoms with Crippen LogP contribution in [0.2, 0.25) is 0 Å². The van der Waals surface area contributed by atoms with Gasteiger partial charge in [0.2, 0.25) is 0 Å². The number of aromatic nitrogens is 5. The van der Waals surface area contributed by atoms with Crippen LogP contribution in [-0.2, 0) is 0 Å². The normalized spacial score (nSPS) is 10.5. The molecule has 0 N–H and O–H groups in total. The second kappa shape index (κ2) is 3.82. The molecule has 2 aromatic heterocycles. The highest BCUT2D eigenvalue weighted by molar-refractivity contribution is 7.07. The van der Waals surface area contributed by atoms with Gasteiger partial charge in [-0.1, -0.05) is 12.1 Å². The Bertz CT molecular complexity index is 503. The van der Waals surface area contributed by atoms with Crippen LogP contribution in [-0.4, -0.2) is 25.2 Å². The number of hydrogen-bond donors (Lipinski definition) is 0. The van der Waals surface area contributed by atoms with Crippen molar-refractivity contribution >= 4 is 11.3 Å². The van der Waals surface area contributed by atoms with E-state index >= 15 is 0 Å². The first kappa shape index (κ1) is 9.17. The third-order valence-electron chi connectivity index (χ3n) is 2.21. The van der Waals surface area contributed by atoms with Crippen molar-refractivity contribution in [1.82, 2.24) is 25.2 Å². The first-order valence-corrected chi connectivity index (χ1v) is 5.60. The number of nitrogens with zero attached hydrogens (tertiary/aromatic N) is 5. The van der Waals surface area contributed by atoms with Gasteiger partial charge in [0.1, 0.15) is 6.33 Å². The maximum Gasteiger partial charge on any atom is 0.143 e. The lowest BCUT2D eigenvalue weighted by atomic mass is 10.1. The first-order chi connectivity index (χ1) is 7.93. The number of rotatable bonds is 2. The standard InChI is InChI=1S/C10H7N5S/c1-3-9(15-6-12-13-14-15)4-2-8(1)10-5-16-7-11-10/h1-7H. The molecule has 2 heterocycles. The van der Waals surface area contributed by atoms with Crippen LogP contribution in [0.1, 0.15) is 0 Å². The van der Waals surface area contributed by atoms with Gasteiger partial charge >= 0.3 is 0 Å². The quantitative estimate of drug-likeness (QED) is 0.672. The lowest BCUT2D eigenvalue weighted by Crippen LogP contribution is -1.94. The molecule has 3 aromatic rings. The van der Waals surface area contributed by atoms with Crippen molar-refractivity contribution in [1.29, 1.82) is 0 Å². The average molecular weight is 229 g/mol. The molecule has 1 aromatic carbocycles. The summed E-state index contributed by atoms with van der Waals surface area (Å²) < 4.78 is 1.62. The van der Waals surface area contributed by atoms with E-state index in [1.807, 2.05) is 35.2 Å². The summed E-state index contributed by atoms with van der Waals surface area (Å²) in [6.45, 7) is 0. The Morgan fingerprint density at radius 1 is 1.12 bits per heavy atom. The van der Waals surface area contributed by atoms with E-state index < -0.39 is 0 Å². The minimum absolute atomic E-state index is 0.934. The fraction of sp³-hybridized carbons (Fsp3) is 0. The fourth-order valence-corrected chi connectivity index (χ4v) is 1.98. The van der Waals surface area contributed by atoms with E-state index in [9.17, 15) is 0 Å². The maximum absolute atomic E-state index is 4.25. The van der Waals surface area contributed by atoms with Gasteiger partial charge in [-0.2, -0.15) is 0 Å². The number of hydrogen-bond acceptors (Lipinski definition) is 5. The molecule has 0 amide bonds. The Balaban J connectivity index is 1.97. The largest absolute Gasteiger partial charge is 0.245 e. The maximum atomic E-state index is 4.25. The highest BCUT2D eigenvalue weighted by atomic mass is 32.1. The van der Waals surface area contributed by atoms with Gasteiger partial charge in [0.15, 0.2) is 0 Å². The smallest absolute Gasteiger partial charge is 0.143 e. The molecule has 0 radical (unpaired) electrons. The average Bonchev–Trinajstić information content (AvgIpc) is 3.03. The zero-order chi connectivity index (χ0) is 10.8. The second-order valence-electron chi connectivity index (χ2n) is 3.17. The zero-order valence-corrected chi connectivity index (χ0v) is 9.00. The van der Waals surface area contributed by atoms with Gasteiger partial charge in [-0.05, 0) is 22.6 Å². The minimum Gasteiger partial charge on any atom is -0.245 e. The second-order valence-corrected chi connectivity index (χ2v) is 3.89. The molecule has 0 bridgehead atoms. The van der Waals surface area contributed by atoms with E-state index in [0.717, 1.165) is 16.9 Å². The van der Waals surface area contributed by atoms with Crippen LogP contribution in [0, 0.1) is 0 Å². The van der Waals surface area contributed by atoms with Gasteiger partial charge in [0.25, 0.3) is 0 Å². The van der Waals surface area contributed by atoms with Gasteiger partial charge in [0.05, 0.1) is 16.9 Å². The molecule has 16 heavy (non-hydrogen) atoms. The predicted octanol–water partition coefficient (Wildman–Crippen LogP) is 1.79. The van der Waals surface area contributed by atoms with Crippen LogP contribution in [0.25, 0.3) is 16.9 Å². The van der Waals surface area contributed by atoms with E-state index in [0.29, 0.717) is 0 Å². The zero-order valence-electron chi connectivity index (χ0n) is 8.19. The Kier molecular flexibility index (Phi) is 2.19. The van der Waals surface area contributed by atoms with Crippen LogP contribution >= 0.6 is 11.3 Å². The molecule has 0 aliphatic carbocycles. The molecular formula is C10H7N5S. The SMILES string of the molecule is c1nc(-c2ccc(-n3cnnn3)cc2)cs1. The highest BCUT2D eigenvalue weighted by Gasteiger charge is 2.01. The first-order valence-electron chi connectivity index (χ1n) is 4.65. The molecule has 6 heteroatoms. The van der Waals surface area contributed by atoms with Gasteiger partial charge in [0, 0.05) is 10.9 Å². The van der Waals surface area contributed by atoms with Crippen LogP contribution in [0.15, 0.2) is 41.5 Å². The summed E-state index contributed by atoms with van der Waals surface area (Å²) in [5.41, 5.74) is 4.85. The third kappa shape index (κ3) is 1.59. The van der Waals surface area contributed by atoms with Crippen molar-refractivity contribution < 1.29 is 0 Å². The summed E-state index contributed by atoms with van der Waals surface area (Å²) in [7, 11) is 0. The molecule has 0 fully saturated rings. The van der Waals surface area contributed by atoms with Crippen LogP contribution in [0.4, 0.5) is 0 Å². The Morgan fingerprint density at radius 3 is 2.62 bits per heavy atom. The van der Waals surface area contributed by atoms with Crippen LogP contribution in [0.3, 0.4) is 0 Å². The Labute approximate surface area is 95.4 Å². The Hall–Kier alpha value is -2.08. The highest BCUT2D eigenvalue weighted by Crippen LogP contribution is 2.20. The summed E-state index contributed by atoms with van der Waals surface area (Å²) in [6, 6.07) is 7.94. The summed E-state index contributed by atoms with van der Waals surface area (Å²) in [5, 5.41) is 13.0. The minimum atomic E-state index is 0.934. The topological polar surface area (TPSA) is 56.5 Å². The number of benzene rings is 1. The molecule has 0 unspecified atom stereocenters. The van der Waals surface area contributed by atoms with E-state index in [1.54, 1.807) is 22.3 Å². The Morgan fingerprint density at radius 2 is 2.00 bits per heavy atom. The number of tetrazole rings is 1. The molecule has 0 spiro atoms. The van der Waals surface area contributed by atoms with Crippen molar-refractivity contribution in [2.75, 3.05) is 0 Å². The molecular weight excluding hydrogens is 222 g/mol. The summed E-state index contributed by atoms with van der Waals surface area (Å²) >= 11 is 1.59. The molecule has 0 aliphatic rings. The van der Waals surface area contributed by atoms with Crippen molar-refractivity contribution in [2.45, 2.75) is 0 Å². The summed E-state index contributed by atoms with van der Waals surface area (Å²) in [4.78, 5) is 4.25. The lowest BCUT2D eigenvalue weighted by molar-refractivity contribution is 0.789. The van der Waals surface area contributed by atoms with Gasteiger partial charge < -0.3 is 0 Å². The molecule has 0 atom stereocenters. The fourth-order valence-electron chi connectivity index (χ4n) is 1.42. The molecule has 78 valence electrons. The predicted molar refractivity (Wildman–Crippen MR) is 60.3 cm³/mol. The van der Waals surface area contributed by atoms with Crippen molar-refractivity contribution in [3.05, 3.63) is 41.5 Å². The van der Waals surface area contributed by atoms with Gasteiger partial charge in [-0.3, -0.25) is 0 Å². The van der Waals surface area contributed by atoms with Gasteiger partial charge in [-0.15, -0.1) is 16.4 Å². The van der Waals surface area contributed by atoms with E-state index in [2.05, 4.69) is 20.5 Å². The molecule has 0 saturated heterocycles. The summed E-state index contributed by atoms with van der Waals surface area (Å²) in [6.07, 6.45) is 1.57. The van der Waals surface area contributed by atoms with Gasteiger partial charge in [-0.25, -0.2) is 9.67 Å². The lowest BCUT2D eigenvalue weighted by Gasteiger charge is -2.00. The van der Waals surface area contributed by atoms with Crippen molar-refractivity contribution in [2.24, 2.45) is 0 Å². The summed E-state index contributed by atoms with van der Waals surface area (Å²) in [5.74, 6) is 0. The van der Waals surface area contributed by atoms with E-state index in [4.69, 9.17) is 0 Å². The third-order valence-corrected chi connectivity index (χ3v) is 2.80. The monoisotopic (exact) mass is 229 g/mol. The van der Waals surface area contributed by atoms with Crippen molar-refractivity contribution in [3.8, 4) is 16.9 Å². The molecule has 0 aliphatic heterocycles. The number of thiazole rings is 1. The molecule has 3 rings (SSSR count). The van der Waals surface area contributed by atoms with Crippen molar-refractivity contribution in [3.63, 3.8) is 0 Å². The molecule has 5 nitrogen and oxygen atoms in total. The van der Waals surface area contributed by atoms with E-state index in [-0.39, 0.29) is 0 Å². The van der Waals surface area contributed by atoms with Crippen LogP contribution in [0.5, 0.6) is 0 Å². The molecule has 0 saturated carbocycles.